The van der Waals surface area contributed by atoms with Gasteiger partial charge in [0.25, 0.3) is 0 Å². The van der Waals surface area contributed by atoms with Gasteiger partial charge in [-0.1, -0.05) is 24.6 Å². The van der Waals surface area contributed by atoms with Crippen molar-refractivity contribution in [1.82, 2.24) is 14.9 Å². The summed E-state index contributed by atoms with van der Waals surface area (Å²) < 4.78 is 20.0. The Hall–Kier alpha value is -2.20. The van der Waals surface area contributed by atoms with E-state index in [1.54, 1.807) is 30.7 Å². The van der Waals surface area contributed by atoms with Crippen molar-refractivity contribution in [2.24, 2.45) is 5.92 Å². The number of aliphatic hydroxyl groups is 1. The third-order valence-corrected chi connectivity index (χ3v) is 5.56. The molecule has 30 heavy (non-hydrogen) atoms. The fourth-order valence-electron chi connectivity index (χ4n) is 3.84. The van der Waals surface area contributed by atoms with E-state index < -0.39 is 5.82 Å². The molecule has 1 aliphatic heterocycles. The molecule has 0 bridgehead atoms. The maximum atomic E-state index is 14.2. The Morgan fingerprint density at radius 1 is 1.37 bits per heavy atom. The summed E-state index contributed by atoms with van der Waals surface area (Å²) in [6.07, 6.45) is 6.62. The van der Waals surface area contributed by atoms with Gasteiger partial charge >= 0.3 is 18.9 Å². The second-order valence-corrected chi connectivity index (χ2v) is 7.64. The van der Waals surface area contributed by atoms with Crippen LogP contribution in [0.4, 0.5) is 4.39 Å². The Morgan fingerprint density at radius 2 is 2.13 bits per heavy atom. The van der Waals surface area contributed by atoms with Crippen molar-refractivity contribution in [3.05, 3.63) is 66.7 Å². The van der Waals surface area contributed by atoms with Crippen LogP contribution in [0.2, 0.25) is 0 Å². The van der Waals surface area contributed by atoms with Crippen molar-refractivity contribution in [2.45, 2.75) is 44.8 Å². The molecule has 2 aliphatic rings. The van der Waals surface area contributed by atoms with Crippen LogP contribution in [-0.4, -0.2) is 32.0 Å². The quantitative estimate of drug-likeness (QED) is 0.596. The predicted molar refractivity (Wildman–Crippen MR) is 104 cm³/mol. The second-order valence-electron chi connectivity index (χ2n) is 7.64. The molecule has 2 heterocycles. The number of hydrogen-bond acceptors (Lipinski definition) is 5. The number of halogens is 1. The van der Waals surface area contributed by atoms with Gasteiger partial charge in [-0.25, -0.2) is 4.39 Å². The Balaban J connectivity index is 0.00000256. The van der Waals surface area contributed by atoms with Crippen molar-refractivity contribution in [3.8, 4) is 5.75 Å². The predicted octanol–water partition coefficient (Wildman–Crippen LogP) is 1.04. The molecule has 0 radical (unpaired) electrons. The van der Waals surface area contributed by atoms with Crippen molar-refractivity contribution >= 4 is 11.5 Å². The summed E-state index contributed by atoms with van der Waals surface area (Å²) in [5, 5.41) is 10.3. The Kier molecular flexibility index (Phi) is 6.97. The molecule has 1 aromatic heterocycles. The SMILES string of the molecule is C=C(C)c1ccc(OC2CC(C(=O)N3[C-](O)CC[C@H]3c3cnccn3)C2)c(F)c1.[Li+]. The number of allylic oxidation sites excluding steroid dienone is 1. The first-order chi connectivity index (χ1) is 13.9. The first-order valence-corrected chi connectivity index (χ1v) is 9.70. The van der Waals surface area contributed by atoms with E-state index >= 15 is 0 Å². The van der Waals surface area contributed by atoms with Gasteiger partial charge in [0, 0.05) is 24.4 Å². The number of amides is 1. The number of nitrogens with zero attached hydrogens (tertiary/aromatic N) is 3. The van der Waals surface area contributed by atoms with E-state index in [1.165, 1.54) is 11.0 Å². The summed E-state index contributed by atoms with van der Waals surface area (Å²) in [5.74, 6) is -0.668. The number of carbonyl (C=O) groups is 1. The molecule has 1 aromatic carbocycles. The summed E-state index contributed by atoms with van der Waals surface area (Å²) in [7, 11) is 0. The van der Waals surface area contributed by atoms with Gasteiger partial charge in [-0.2, -0.15) is 0 Å². The third-order valence-electron chi connectivity index (χ3n) is 5.56. The largest absolute Gasteiger partial charge is 1.00 e. The van der Waals surface area contributed by atoms with Gasteiger partial charge in [-0.15, -0.1) is 12.6 Å². The standard InChI is InChI=1S/C22H23FN3O3.Li/c1-13(2)14-3-5-20(17(23)11-14)29-16-9-15(10-16)22(28)26-19(4-6-21(26)27)18-12-24-7-8-25-18;/h3,5,7-8,11-12,15-16,19,27H,1,4,6,9-10H2,2H3;/q-1;+1/t15?,16?,19-;/m0./s1. The van der Waals surface area contributed by atoms with Gasteiger partial charge in [0.1, 0.15) is 6.10 Å². The molecule has 2 aromatic rings. The monoisotopic (exact) mass is 403 g/mol. The molecule has 4 rings (SSSR count). The number of hydrogen-bond donors (Lipinski definition) is 1. The molecule has 0 unspecified atom stereocenters. The summed E-state index contributed by atoms with van der Waals surface area (Å²) in [6, 6.07) is 4.47. The zero-order chi connectivity index (χ0) is 20.5. The molecule has 0 spiro atoms. The molecule has 1 atom stereocenters. The molecule has 1 amide bonds. The number of carbonyl (C=O) groups excluding carboxylic acids is 1. The van der Waals surface area contributed by atoms with Gasteiger partial charge in [-0.3, -0.25) is 14.8 Å². The minimum Gasteiger partial charge on any atom is -0.542 e. The van der Waals surface area contributed by atoms with Gasteiger partial charge in [0.15, 0.2) is 17.5 Å². The summed E-state index contributed by atoms with van der Waals surface area (Å²) in [6.45, 7) is 5.62. The van der Waals surface area contributed by atoms with Gasteiger partial charge in [-0.05, 0) is 37.5 Å². The summed E-state index contributed by atoms with van der Waals surface area (Å²) in [5.41, 5.74) is 2.17. The summed E-state index contributed by atoms with van der Waals surface area (Å²) >= 11 is 0. The first kappa shape index (κ1) is 22.5. The molecule has 8 heteroatoms. The topological polar surface area (TPSA) is 75.5 Å². The normalized spacial score (nSPS) is 23.4. The van der Waals surface area contributed by atoms with Crippen LogP contribution in [-0.2, 0) is 4.79 Å². The van der Waals surface area contributed by atoms with Crippen LogP contribution >= 0.6 is 0 Å². The number of rotatable bonds is 5. The van der Waals surface area contributed by atoms with Crippen LogP contribution in [0.1, 0.15) is 49.9 Å². The van der Waals surface area contributed by atoms with E-state index in [0.717, 1.165) is 11.1 Å². The Bertz CT molecular complexity index is 921. The second kappa shape index (κ2) is 9.30. The van der Waals surface area contributed by atoms with Crippen LogP contribution in [0.25, 0.3) is 5.57 Å². The van der Waals surface area contributed by atoms with Crippen molar-refractivity contribution in [3.63, 3.8) is 0 Å². The number of likely N-dealkylation sites (tertiary alicyclic amines) is 1. The molecule has 2 fully saturated rings. The van der Waals surface area contributed by atoms with E-state index in [0.29, 0.717) is 31.4 Å². The van der Waals surface area contributed by atoms with E-state index in [9.17, 15) is 14.3 Å². The molecule has 1 N–H and O–H groups in total. The first-order valence-electron chi connectivity index (χ1n) is 9.70. The van der Waals surface area contributed by atoms with Crippen molar-refractivity contribution in [2.75, 3.05) is 0 Å². The number of aliphatic hydroxyl groups excluding tert-OH is 1. The van der Waals surface area contributed by atoms with Crippen LogP contribution in [0.5, 0.6) is 5.75 Å². The average Bonchev–Trinajstić information content (AvgIpc) is 3.07. The minimum absolute atomic E-state index is 0. The minimum atomic E-state index is -0.437. The fraction of sp³-hybridized carbons (Fsp3) is 0.364. The van der Waals surface area contributed by atoms with Crippen LogP contribution < -0.4 is 23.6 Å². The maximum Gasteiger partial charge on any atom is 1.00 e. The van der Waals surface area contributed by atoms with E-state index in [-0.39, 0.29) is 54.8 Å². The zero-order valence-electron chi connectivity index (χ0n) is 17.2. The van der Waals surface area contributed by atoms with Gasteiger partial charge in [0.05, 0.1) is 11.9 Å². The number of ether oxygens (including phenoxy) is 1. The van der Waals surface area contributed by atoms with Gasteiger partial charge < -0.3 is 14.7 Å². The Morgan fingerprint density at radius 3 is 2.77 bits per heavy atom. The van der Waals surface area contributed by atoms with Crippen LogP contribution in [0, 0.1) is 18.0 Å². The zero-order valence-corrected chi connectivity index (χ0v) is 17.2. The average molecular weight is 403 g/mol. The van der Waals surface area contributed by atoms with E-state index in [2.05, 4.69) is 16.5 Å². The molecule has 152 valence electrons. The smallest absolute Gasteiger partial charge is 0.542 e. The van der Waals surface area contributed by atoms with E-state index in [1.807, 2.05) is 6.92 Å². The Labute approximate surface area is 187 Å². The molecular weight excluding hydrogens is 380 g/mol. The molecule has 1 saturated heterocycles. The fourth-order valence-corrected chi connectivity index (χ4v) is 3.84. The van der Waals surface area contributed by atoms with E-state index in [4.69, 9.17) is 4.74 Å². The maximum absolute atomic E-state index is 14.2. The van der Waals surface area contributed by atoms with Gasteiger partial charge in [0.2, 0.25) is 0 Å². The van der Waals surface area contributed by atoms with Crippen molar-refractivity contribution < 1.29 is 37.9 Å². The molecular formula is C22H23FLiN3O3. The molecule has 1 aliphatic carbocycles. The summed E-state index contributed by atoms with van der Waals surface area (Å²) in [4.78, 5) is 22.7. The van der Waals surface area contributed by atoms with Crippen LogP contribution in [0.15, 0.2) is 43.4 Å². The number of benzene rings is 1. The molecule has 6 nitrogen and oxygen atoms in total. The third kappa shape index (κ3) is 4.44. The van der Waals surface area contributed by atoms with Crippen LogP contribution in [0.3, 0.4) is 0 Å². The van der Waals surface area contributed by atoms with Crippen molar-refractivity contribution in [1.29, 1.82) is 0 Å². The molecule has 1 saturated carbocycles. The number of aromatic nitrogens is 2.